The third-order valence-electron chi connectivity index (χ3n) is 5.04. The first kappa shape index (κ1) is 25.1. The molecule has 0 aromatic heterocycles. The van der Waals surface area contributed by atoms with Crippen molar-refractivity contribution in [1.82, 2.24) is 4.31 Å². The van der Waals surface area contributed by atoms with Crippen LogP contribution < -0.4 is 5.32 Å². The van der Waals surface area contributed by atoms with Gasteiger partial charge in [-0.2, -0.15) is 13.2 Å². The number of halogens is 6. The molecule has 1 amide bonds. The molecule has 1 heterocycles. The summed E-state index contributed by atoms with van der Waals surface area (Å²) in [4.78, 5) is 12.7. The molecule has 1 atom stereocenters. The average Bonchev–Trinajstić information content (AvgIpc) is 2.71. The van der Waals surface area contributed by atoms with Crippen LogP contribution in [0.25, 0.3) is 0 Å². The third kappa shape index (κ3) is 6.08. The Balaban J connectivity index is 1.71. The SMILES string of the molecule is O=C(Nc1ccc(Cl)c(C(F)(F)F)c1)C1CCCN(S(=O)(=O)Cc2ccc(Cl)cc2Cl)C1. The first-order chi connectivity index (χ1) is 14.9. The van der Waals surface area contributed by atoms with E-state index in [1.807, 2.05) is 0 Å². The molecule has 1 N–H and O–H groups in total. The van der Waals surface area contributed by atoms with E-state index in [2.05, 4.69) is 5.32 Å². The van der Waals surface area contributed by atoms with Gasteiger partial charge in [-0.1, -0.05) is 40.9 Å². The van der Waals surface area contributed by atoms with Crippen molar-refractivity contribution in [2.45, 2.75) is 24.8 Å². The molecule has 0 bridgehead atoms. The van der Waals surface area contributed by atoms with Gasteiger partial charge in [-0.25, -0.2) is 12.7 Å². The van der Waals surface area contributed by atoms with Crippen LogP contribution in [0, 0.1) is 5.92 Å². The Labute approximate surface area is 198 Å². The number of sulfonamides is 1. The van der Waals surface area contributed by atoms with E-state index >= 15 is 0 Å². The number of rotatable bonds is 5. The number of piperidine rings is 1. The van der Waals surface area contributed by atoms with Crippen LogP contribution in [0.5, 0.6) is 0 Å². The normalized spacial score (nSPS) is 17.9. The van der Waals surface area contributed by atoms with Gasteiger partial charge in [0.2, 0.25) is 15.9 Å². The number of hydrogen-bond acceptors (Lipinski definition) is 3. The standard InChI is InChI=1S/C20H18Cl3F3N2O3S/c21-14-4-3-13(18(23)8-14)11-32(30,31)28-7-1-2-12(10-28)19(29)27-15-5-6-17(22)16(9-15)20(24,25)26/h3-6,8-9,12H,1-2,7,10-11H2,(H,27,29). The second kappa shape index (κ2) is 9.77. The molecule has 32 heavy (non-hydrogen) atoms. The van der Waals surface area contributed by atoms with Gasteiger partial charge in [-0.3, -0.25) is 4.79 Å². The van der Waals surface area contributed by atoms with Crippen LogP contribution in [0.1, 0.15) is 24.0 Å². The Kier molecular flexibility index (Phi) is 7.66. The zero-order valence-corrected chi connectivity index (χ0v) is 19.5. The zero-order chi connectivity index (χ0) is 23.7. The zero-order valence-electron chi connectivity index (χ0n) is 16.4. The number of anilines is 1. The van der Waals surface area contributed by atoms with E-state index in [9.17, 15) is 26.4 Å². The van der Waals surface area contributed by atoms with Crippen molar-refractivity contribution >= 4 is 56.4 Å². The molecule has 1 aliphatic rings. The Bertz CT molecular complexity index is 1130. The summed E-state index contributed by atoms with van der Waals surface area (Å²) in [7, 11) is -3.78. The summed E-state index contributed by atoms with van der Waals surface area (Å²) in [6, 6.07) is 7.56. The summed E-state index contributed by atoms with van der Waals surface area (Å²) in [5.41, 5.74) is -0.757. The lowest BCUT2D eigenvalue weighted by Crippen LogP contribution is -2.44. The lowest BCUT2D eigenvalue weighted by Gasteiger charge is -2.31. The largest absolute Gasteiger partial charge is 0.417 e. The van der Waals surface area contributed by atoms with Crippen LogP contribution in [0.15, 0.2) is 36.4 Å². The maximum Gasteiger partial charge on any atom is 0.417 e. The molecule has 3 rings (SSSR count). The molecular formula is C20H18Cl3F3N2O3S. The summed E-state index contributed by atoms with van der Waals surface area (Å²) >= 11 is 17.5. The molecule has 0 spiro atoms. The predicted octanol–water partition coefficient (Wildman–Crippen LogP) is 5.85. The van der Waals surface area contributed by atoms with Crippen molar-refractivity contribution in [1.29, 1.82) is 0 Å². The molecule has 0 aliphatic carbocycles. The summed E-state index contributed by atoms with van der Waals surface area (Å²) in [5.74, 6) is -1.64. The van der Waals surface area contributed by atoms with E-state index in [-0.39, 0.29) is 29.6 Å². The minimum absolute atomic E-state index is 0.0698. The molecule has 1 aliphatic heterocycles. The number of nitrogens with zero attached hydrogens (tertiary/aromatic N) is 1. The Morgan fingerprint density at radius 2 is 1.81 bits per heavy atom. The van der Waals surface area contributed by atoms with Crippen molar-refractivity contribution < 1.29 is 26.4 Å². The number of amides is 1. The molecule has 12 heteroatoms. The summed E-state index contributed by atoms with van der Waals surface area (Å²) in [6.45, 7) is 0.148. The molecule has 2 aromatic carbocycles. The molecule has 2 aromatic rings. The van der Waals surface area contributed by atoms with Gasteiger partial charge in [0.25, 0.3) is 0 Å². The lowest BCUT2D eigenvalue weighted by molar-refractivity contribution is -0.137. The predicted molar refractivity (Wildman–Crippen MR) is 118 cm³/mol. The summed E-state index contributed by atoms with van der Waals surface area (Å²) in [5, 5.41) is 2.55. The minimum Gasteiger partial charge on any atom is -0.326 e. The van der Waals surface area contributed by atoms with Crippen LogP contribution in [-0.2, 0) is 26.7 Å². The molecule has 174 valence electrons. The van der Waals surface area contributed by atoms with E-state index in [0.29, 0.717) is 23.4 Å². The Hall–Kier alpha value is -1.52. The molecule has 1 unspecified atom stereocenters. The topological polar surface area (TPSA) is 66.5 Å². The van der Waals surface area contributed by atoms with E-state index in [0.717, 1.165) is 12.1 Å². The lowest BCUT2D eigenvalue weighted by atomic mass is 9.98. The van der Waals surface area contributed by atoms with E-state index in [1.165, 1.54) is 28.6 Å². The van der Waals surface area contributed by atoms with Gasteiger partial charge < -0.3 is 5.32 Å². The van der Waals surface area contributed by atoms with Crippen LogP contribution in [0.4, 0.5) is 18.9 Å². The Morgan fingerprint density at radius 1 is 1.09 bits per heavy atom. The molecule has 1 fully saturated rings. The fourth-order valence-corrected chi connectivity index (χ4v) is 5.82. The quantitative estimate of drug-likeness (QED) is 0.529. The highest BCUT2D eigenvalue weighted by molar-refractivity contribution is 7.88. The average molecular weight is 530 g/mol. The van der Waals surface area contributed by atoms with Crippen molar-refractivity contribution in [2.24, 2.45) is 5.92 Å². The number of nitrogens with one attached hydrogen (secondary N) is 1. The van der Waals surface area contributed by atoms with Crippen molar-refractivity contribution in [3.8, 4) is 0 Å². The van der Waals surface area contributed by atoms with E-state index in [4.69, 9.17) is 34.8 Å². The van der Waals surface area contributed by atoms with Gasteiger partial charge >= 0.3 is 6.18 Å². The van der Waals surface area contributed by atoms with Crippen LogP contribution in [-0.4, -0.2) is 31.7 Å². The maximum atomic E-state index is 13.0. The second-order valence-corrected chi connectivity index (χ2v) is 10.6. The third-order valence-corrected chi connectivity index (χ3v) is 7.75. The van der Waals surface area contributed by atoms with Crippen molar-refractivity contribution in [2.75, 3.05) is 18.4 Å². The maximum absolute atomic E-state index is 13.0. The summed E-state index contributed by atoms with van der Waals surface area (Å²) in [6.07, 6.45) is -3.84. The van der Waals surface area contributed by atoms with Gasteiger partial charge in [-0.05, 0) is 48.7 Å². The molecule has 1 saturated heterocycles. The smallest absolute Gasteiger partial charge is 0.326 e. The highest BCUT2D eigenvalue weighted by Crippen LogP contribution is 2.36. The molecule has 0 saturated carbocycles. The van der Waals surface area contributed by atoms with Crippen molar-refractivity contribution in [3.63, 3.8) is 0 Å². The minimum atomic E-state index is -4.67. The fourth-order valence-electron chi connectivity index (χ4n) is 3.40. The first-order valence-corrected chi connectivity index (χ1v) is 12.2. The molecule has 0 radical (unpaired) electrons. The number of benzene rings is 2. The van der Waals surface area contributed by atoms with Gasteiger partial charge in [-0.15, -0.1) is 0 Å². The van der Waals surface area contributed by atoms with Gasteiger partial charge in [0.05, 0.1) is 22.3 Å². The van der Waals surface area contributed by atoms with Gasteiger partial charge in [0, 0.05) is 28.8 Å². The van der Waals surface area contributed by atoms with Gasteiger partial charge in [0.15, 0.2) is 0 Å². The Morgan fingerprint density at radius 3 is 2.47 bits per heavy atom. The fraction of sp³-hybridized carbons (Fsp3) is 0.350. The number of carbonyl (C=O) groups is 1. The van der Waals surface area contributed by atoms with Crippen LogP contribution in [0.3, 0.4) is 0 Å². The first-order valence-electron chi connectivity index (χ1n) is 9.46. The molecular weight excluding hydrogens is 512 g/mol. The van der Waals surface area contributed by atoms with Crippen LogP contribution in [0.2, 0.25) is 15.1 Å². The van der Waals surface area contributed by atoms with E-state index < -0.39 is 38.6 Å². The van der Waals surface area contributed by atoms with E-state index in [1.54, 1.807) is 0 Å². The van der Waals surface area contributed by atoms with Crippen LogP contribution >= 0.6 is 34.8 Å². The molecule has 5 nitrogen and oxygen atoms in total. The van der Waals surface area contributed by atoms with Crippen molar-refractivity contribution in [3.05, 3.63) is 62.6 Å². The monoisotopic (exact) mass is 528 g/mol. The highest BCUT2D eigenvalue weighted by Gasteiger charge is 2.35. The summed E-state index contributed by atoms with van der Waals surface area (Å²) < 4.78 is 66.1. The number of alkyl halides is 3. The number of carbonyl (C=O) groups excluding carboxylic acids is 1. The number of hydrogen-bond donors (Lipinski definition) is 1. The second-order valence-electron chi connectivity index (χ2n) is 7.37. The highest BCUT2D eigenvalue weighted by atomic mass is 35.5. The van der Waals surface area contributed by atoms with Gasteiger partial charge in [0.1, 0.15) is 0 Å².